The quantitative estimate of drug-likeness (QED) is 0.874. The van der Waals surface area contributed by atoms with Gasteiger partial charge in [-0.25, -0.2) is 13.1 Å². The maximum Gasteiger partial charge on any atom is 0.241 e. The first kappa shape index (κ1) is 11.9. The molecule has 2 rings (SSSR count). The lowest BCUT2D eigenvalue weighted by Crippen LogP contribution is -2.16. The summed E-state index contributed by atoms with van der Waals surface area (Å²) in [4.78, 5) is 0.238. The van der Waals surface area contributed by atoms with Gasteiger partial charge in [0.05, 0.1) is 4.90 Å². The highest BCUT2D eigenvalue weighted by Crippen LogP contribution is 2.28. The highest BCUT2D eigenvalue weighted by atomic mass is 32.2. The molecular formula is C12H13N2O2S. The second kappa shape index (κ2) is 4.35. The molecule has 2 aromatic carbocycles. The molecule has 89 valence electrons. The number of fused-ring (bicyclic) bond motifs is 1. The van der Waals surface area contributed by atoms with Gasteiger partial charge in [0.25, 0.3) is 0 Å². The standard InChI is InChI=1S/C12H13N2O2S/c1-13-11-7-3-6-10-9(11)5-4-8-12(10)17(15,16)14-2/h3-8,13-14H,2H2,1H3. The minimum Gasteiger partial charge on any atom is -0.388 e. The van der Waals surface area contributed by atoms with Crippen LogP contribution in [0.4, 0.5) is 5.69 Å². The van der Waals surface area contributed by atoms with Gasteiger partial charge < -0.3 is 5.32 Å². The number of hydrogen-bond acceptors (Lipinski definition) is 3. The molecule has 2 aromatic rings. The van der Waals surface area contributed by atoms with Crippen LogP contribution in [0, 0.1) is 7.05 Å². The Morgan fingerprint density at radius 3 is 2.35 bits per heavy atom. The third kappa shape index (κ3) is 1.99. The van der Waals surface area contributed by atoms with E-state index in [1.807, 2.05) is 18.2 Å². The van der Waals surface area contributed by atoms with Crippen LogP contribution in [0.1, 0.15) is 0 Å². The maximum absolute atomic E-state index is 11.8. The van der Waals surface area contributed by atoms with Crippen LogP contribution >= 0.6 is 0 Å². The fourth-order valence-corrected chi connectivity index (χ4v) is 2.69. The zero-order valence-electron chi connectivity index (χ0n) is 9.40. The molecule has 0 aliphatic rings. The van der Waals surface area contributed by atoms with Crippen molar-refractivity contribution in [2.75, 3.05) is 12.4 Å². The maximum atomic E-state index is 11.8. The second-order valence-corrected chi connectivity index (χ2v) is 5.29. The Morgan fingerprint density at radius 1 is 1.06 bits per heavy atom. The van der Waals surface area contributed by atoms with E-state index in [1.165, 1.54) is 0 Å². The minimum atomic E-state index is -3.54. The molecular weight excluding hydrogens is 236 g/mol. The van der Waals surface area contributed by atoms with Crippen molar-refractivity contribution in [3.05, 3.63) is 43.4 Å². The number of hydrogen-bond donors (Lipinski definition) is 2. The molecule has 0 unspecified atom stereocenters. The Labute approximate surface area is 101 Å². The lowest BCUT2D eigenvalue weighted by Gasteiger charge is -2.10. The molecule has 0 aromatic heterocycles. The Bertz CT molecular complexity index is 651. The van der Waals surface area contributed by atoms with Crippen LogP contribution in [0.3, 0.4) is 0 Å². The van der Waals surface area contributed by atoms with Crippen molar-refractivity contribution >= 4 is 26.5 Å². The summed E-state index contributed by atoms with van der Waals surface area (Å²) in [5, 5.41) is 4.58. The van der Waals surface area contributed by atoms with Gasteiger partial charge in [-0.15, -0.1) is 0 Å². The fraction of sp³-hybridized carbons (Fsp3) is 0.0833. The molecule has 5 heteroatoms. The number of anilines is 1. The molecule has 0 saturated carbocycles. The lowest BCUT2D eigenvalue weighted by molar-refractivity contribution is 0.591. The summed E-state index contributed by atoms with van der Waals surface area (Å²) < 4.78 is 25.7. The van der Waals surface area contributed by atoms with Gasteiger partial charge in [0.1, 0.15) is 0 Å². The first-order valence-corrected chi connectivity index (χ1v) is 6.57. The molecule has 1 radical (unpaired) electrons. The average molecular weight is 249 g/mol. The van der Waals surface area contributed by atoms with Crippen LogP contribution in [0.15, 0.2) is 41.3 Å². The van der Waals surface area contributed by atoms with Crippen LogP contribution < -0.4 is 10.0 Å². The fourth-order valence-electron chi connectivity index (χ4n) is 1.81. The van der Waals surface area contributed by atoms with E-state index >= 15 is 0 Å². The highest BCUT2D eigenvalue weighted by molar-refractivity contribution is 7.89. The first-order chi connectivity index (χ1) is 8.10. The predicted octanol–water partition coefficient (Wildman–Crippen LogP) is 1.95. The van der Waals surface area contributed by atoms with Crippen molar-refractivity contribution in [2.24, 2.45) is 0 Å². The summed E-state index contributed by atoms with van der Waals surface area (Å²) in [6, 6.07) is 10.7. The molecule has 0 fully saturated rings. The van der Waals surface area contributed by atoms with Gasteiger partial charge in [-0.05, 0) is 12.1 Å². The number of rotatable bonds is 3. The van der Waals surface area contributed by atoms with E-state index in [1.54, 1.807) is 25.2 Å². The lowest BCUT2D eigenvalue weighted by atomic mass is 10.1. The smallest absolute Gasteiger partial charge is 0.241 e. The monoisotopic (exact) mass is 249 g/mol. The highest BCUT2D eigenvalue weighted by Gasteiger charge is 2.15. The molecule has 4 nitrogen and oxygen atoms in total. The summed E-state index contributed by atoms with van der Waals surface area (Å²) in [6.45, 7) is 0. The Balaban J connectivity index is 2.84. The van der Waals surface area contributed by atoms with Crippen LogP contribution in [-0.4, -0.2) is 15.5 Å². The van der Waals surface area contributed by atoms with E-state index in [0.29, 0.717) is 5.39 Å². The number of sulfonamides is 1. The van der Waals surface area contributed by atoms with E-state index in [2.05, 4.69) is 17.1 Å². The van der Waals surface area contributed by atoms with Crippen LogP contribution in [0.2, 0.25) is 0 Å². The summed E-state index contributed by atoms with van der Waals surface area (Å²) >= 11 is 0. The van der Waals surface area contributed by atoms with Gasteiger partial charge in [-0.2, -0.15) is 0 Å². The van der Waals surface area contributed by atoms with E-state index in [-0.39, 0.29) is 4.90 Å². The summed E-state index contributed by atoms with van der Waals surface area (Å²) in [5.41, 5.74) is 0.892. The molecule has 0 heterocycles. The average Bonchev–Trinajstić information content (AvgIpc) is 2.37. The Morgan fingerprint density at radius 2 is 1.71 bits per heavy atom. The minimum absolute atomic E-state index is 0.238. The molecule has 2 N–H and O–H groups in total. The molecule has 0 aliphatic heterocycles. The van der Waals surface area contributed by atoms with Crippen molar-refractivity contribution < 1.29 is 8.42 Å². The van der Waals surface area contributed by atoms with Crippen molar-refractivity contribution in [3.8, 4) is 0 Å². The topological polar surface area (TPSA) is 58.2 Å². The molecule has 0 spiro atoms. The van der Waals surface area contributed by atoms with Crippen LogP contribution in [0.5, 0.6) is 0 Å². The zero-order valence-corrected chi connectivity index (χ0v) is 10.2. The third-order valence-electron chi connectivity index (χ3n) is 2.63. The summed E-state index contributed by atoms with van der Waals surface area (Å²) in [5.74, 6) is 0. The van der Waals surface area contributed by atoms with Gasteiger partial charge >= 0.3 is 0 Å². The molecule has 0 aliphatic carbocycles. The van der Waals surface area contributed by atoms with Gasteiger partial charge in [-0.1, -0.05) is 24.3 Å². The first-order valence-electron chi connectivity index (χ1n) is 5.08. The van der Waals surface area contributed by atoms with Crippen molar-refractivity contribution in [3.63, 3.8) is 0 Å². The van der Waals surface area contributed by atoms with Gasteiger partial charge in [0.2, 0.25) is 10.0 Å². The number of benzene rings is 2. The van der Waals surface area contributed by atoms with E-state index in [0.717, 1.165) is 11.1 Å². The van der Waals surface area contributed by atoms with Gasteiger partial charge in [0.15, 0.2) is 0 Å². The number of nitrogens with one attached hydrogen (secondary N) is 2. The SMILES string of the molecule is [CH2]NS(=O)(=O)c1cccc2c(NC)cccc12. The van der Waals surface area contributed by atoms with E-state index in [9.17, 15) is 8.42 Å². The predicted molar refractivity (Wildman–Crippen MR) is 69.2 cm³/mol. The largest absolute Gasteiger partial charge is 0.388 e. The van der Waals surface area contributed by atoms with Crippen LogP contribution in [0.25, 0.3) is 10.8 Å². The normalized spacial score (nSPS) is 11.6. The molecule has 0 amide bonds. The van der Waals surface area contributed by atoms with E-state index in [4.69, 9.17) is 0 Å². The third-order valence-corrected chi connectivity index (χ3v) is 3.95. The summed E-state index contributed by atoms with van der Waals surface area (Å²) in [6.07, 6.45) is 0. The molecule has 0 bridgehead atoms. The van der Waals surface area contributed by atoms with Crippen molar-refractivity contribution in [1.82, 2.24) is 4.72 Å². The molecule has 17 heavy (non-hydrogen) atoms. The van der Waals surface area contributed by atoms with Gasteiger partial charge in [-0.3, -0.25) is 0 Å². The van der Waals surface area contributed by atoms with Gasteiger partial charge in [0, 0.05) is 30.6 Å². The van der Waals surface area contributed by atoms with Crippen molar-refractivity contribution in [1.29, 1.82) is 0 Å². The van der Waals surface area contributed by atoms with Crippen LogP contribution in [-0.2, 0) is 10.0 Å². The Hall–Kier alpha value is -1.59. The summed E-state index contributed by atoms with van der Waals surface area (Å²) in [7, 11) is 1.49. The Kier molecular flexibility index (Phi) is 3.04. The zero-order chi connectivity index (χ0) is 12.5. The van der Waals surface area contributed by atoms with E-state index < -0.39 is 10.0 Å². The molecule has 0 atom stereocenters. The van der Waals surface area contributed by atoms with Crippen molar-refractivity contribution in [2.45, 2.75) is 4.90 Å². The second-order valence-electron chi connectivity index (χ2n) is 3.55. The molecule has 0 saturated heterocycles.